The molecule has 3 aromatic rings. The summed E-state index contributed by atoms with van der Waals surface area (Å²) in [6.45, 7) is 7.42. The maximum absolute atomic E-state index is 14.0. The minimum Gasteiger partial charge on any atom is -0.494 e. The van der Waals surface area contributed by atoms with Crippen LogP contribution in [0.2, 0.25) is 0 Å². The van der Waals surface area contributed by atoms with E-state index in [1.54, 1.807) is 6.07 Å². The molecule has 0 amide bonds. The monoisotopic (exact) mass is 369 g/mol. The lowest BCUT2D eigenvalue weighted by Crippen LogP contribution is -2.26. The van der Waals surface area contributed by atoms with Gasteiger partial charge in [0.15, 0.2) is 11.6 Å². The zero-order chi connectivity index (χ0) is 19.4. The first kappa shape index (κ1) is 19.0. The molecule has 0 radical (unpaired) electrons. The molecule has 5 nitrogen and oxygen atoms in total. The number of ether oxygens (including phenoxy) is 1. The van der Waals surface area contributed by atoms with Gasteiger partial charge in [0.05, 0.1) is 13.2 Å². The van der Waals surface area contributed by atoms with Crippen molar-refractivity contribution in [3.05, 3.63) is 65.3 Å². The van der Waals surface area contributed by atoms with Crippen LogP contribution >= 0.6 is 0 Å². The second kappa shape index (κ2) is 8.31. The van der Waals surface area contributed by atoms with Crippen LogP contribution < -0.4 is 4.74 Å². The van der Waals surface area contributed by atoms with E-state index in [1.165, 1.54) is 18.7 Å². The van der Waals surface area contributed by atoms with Crippen molar-refractivity contribution in [3.8, 4) is 17.2 Å². The lowest BCUT2D eigenvalue weighted by molar-refractivity contribution is 0.184. The molecule has 0 N–H and O–H groups in total. The molecule has 27 heavy (non-hydrogen) atoms. The molecule has 0 unspecified atom stereocenters. The van der Waals surface area contributed by atoms with E-state index < -0.39 is 0 Å². The molecular formula is C21H24FN3O2. The van der Waals surface area contributed by atoms with Crippen molar-refractivity contribution >= 4 is 0 Å². The zero-order valence-electron chi connectivity index (χ0n) is 16.1. The van der Waals surface area contributed by atoms with Gasteiger partial charge in [0.2, 0.25) is 11.8 Å². The van der Waals surface area contributed by atoms with Crippen LogP contribution in [0.1, 0.15) is 36.9 Å². The minimum atomic E-state index is -0.363. The molecule has 142 valence electrons. The van der Waals surface area contributed by atoms with Gasteiger partial charge in [-0.2, -0.15) is 0 Å². The predicted octanol–water partition coefficient (Wildman–Crippen LogP) is 4.78. The van der Waals surface area contributed by atoms with Gasteiger partial charge >= 0.3 is 0 Å². The molecule has 0 spiro atoms. The highest BCUT2D eigenvalue weighted by Crippen LogP contribution is 2.26. The maximum Gasteiger partial charge on any atom is 0.247 e. The van der Waals surface area contributed by atoms with Gasteiger partial charge < -0.3 is 9.15 Å². The van der Waals surface area contributed by atoms with E-state index in [1.807, 2.05) is 51.1 Å². The van der Waals surface area contributed by atoms with Crippen molar-refractivity contribution in [2.75, 3.05) is 13.7 Å². The lowest BCUT2D eigenvalue weighted by Gasteiger charge is -2.25. The zero-order valence-corrected chi connectivity index (χ0v) is 16.1. The summed E-state index contributed by atoms with van der Waals surface area (Å²) in [6.07, 6.45) is 0. The van der Waals surface area contributed by atoms with Crippen LogP contribution in [-0.2, 0) is 6.54 Å². The molecule has 3 rings (SSSR count). The summed E-state index contributed by atoms with van der Waals surface area (Å²) in [4.78, 5) is 2.15. The average molecular weight is 369 g/mol. The van der Waals surface area contributed by atoms with Crippen LogP contribution in [0.5, 0.6) is 5.75 Å². The van der Waals surface area contributed by atoms with Gasteiger partial charge in [-0.3, -0.25) is 4.90 Å². The Morgan fingerprint density at radius 1 is 1.15 bits per heavy atom. The lowest BCUT2D eigenvalue weighted by atomic mass is 10.1. The van der Waals surface area contributed by atoms with Crippen molar-refractivity contribution in [2.24, 2.45) is 0 Å². The van der Waals surface area contributed by atoms with E-state index in [0.717, 1.165) is 17.7 Å². The number of benzene rings is 2. The average Bonchev–Trinajstić information content (AvgIpc) is 3.16. The third kappa shape index (κ3) is 4.34. The van der Waals surface area contributed by atoms with Crippen molar-refractivity contribution in [1.82, 2.24) is 15.1 Å². The minimum absolute atomic E-state index is 0.0909. The molecule has 0 saturated heterocycles. The first-order chi connectivity index (χ1) is 13.0. The Bertz CT molecular complexity index is 893. The van der Waals surface area contributed by atoms with E-state index in [-0.39, 0.29) is 17.6 Å². The Hall–Kier alpha value is -2.73. The van der Waals surface area contributed by atoms with Crippen molar-refractivity contribution < 1.29 is 13.5 Å². The fraction of sp³-hybridized carbons (Fsp3) is 0.333. The van der Waals surface area contributed by atoms with Crippen LogP contribution in [0.4, 0.5) is 4.39 Å². The van der Waals surface area contributed by atoms with Gasteiger partial charge in [0, 0.05) is 12.1 Å². The normalized spacial score (nSPS) is 12.4. The summed E-state index contributed by atoms with van der Waals surface area (Å²) < 4.78 is 24.8. The molecule has 0 aliphatic heterocycles. The quantitative estimate of drug-likeness (QED) is 0.600. The third-order valence-electron chi connectivity index (χ3n) is 4.65. The van der Waals surface area contributed by atoms with Gasteiger partial charge in [-0.1, -0.05) is 30.7 Å². The fourth-order valence-corrected chi connectivity index (χ4v) is 2.94. The van der Waals surface area contributed by atoms with E-state index in [0.29, 0.717) is 18.3 Å². The van der Waals surface area contributed by atoms with Crippen molar-refractivity contribution in [2.45, 2.75) is 33.4 Å². The van der Waals surface area contributed by atoms with Crippen molar-refractivity contribution in [3.63, 3.8) is 0 Å². The second-order valence-electron chi connectivity index (χ2n) is 6.52. The van der Waals surface area contributed by atoms with E-state index >= 15 is 0 Å². The molecular weight excluding hydrogens is 345 g/mol. The number of nitrogens with zero attached hydrogens (tertiary/aromatic N) is 3. The summed E-state index contributed by atoms with van der Waals surface area (Å²) in [5.74, 6) is 0.928. The fourth-order valence-electron chi connectivity index (χ4n) is 2.94. The molecule has 2 aromatic carbocycles. The van der Waals surface area contributed by atoms with E-state index in [9.17, 15) is 4.39 Å². The van der Waals surface area contributed by atoms with Gasteiger partial charge in [-0.15, -0.1) is 10.2 Å². The van der Waals surface area contributed by atoms with Gasteiger partial charge in [-0.25, -0.2) is 4.39 Å². The predicted molar refractivity (Wildman–Crippen MR) is 102 cm³/mol. The number of methoxy groups -OCH3 is 1. The summed E-state index contributed by atoms with van der Waals surface area (Å²) >= 11 is 0. The summed E-state index contributed by atoms with van der Waals surface area (Å²) in [5, 5.41) is 8.40. The van der Waals surface area contributed by atoms with Crippen LogP contribution in [-0.4, -0.2) is 28.8 Å². The molecule has 1 heterocycles. The molecule has 0 bridgehead atoms. The standard InChI is InChI=1S/C21H24FN3O2/c1-5-25(13-16-8-11-19(26-4)18(22)12-16)15(3)20-23-24-21(27-20)17-9-6-14(2)7-10-17/h6-12,15H,5,13H2,1-4H3/t15-/m1/s1. The largest absolute Gasteiger partial charge is 0.494 e. The van der Waals surface area contributed by atoms with Crippen LogP contribution in [0.25, 0.3) is 11.5 Å². The number of hydrogen-bond donors (Lipinski definition) is 0. The first-order valence-corrected chi connectivity index (χ1v) is 8.98. The highest BCUT2D eigenvalue weighted by atomic mass is 19.1. The van der Waals surface area contributed by atoms with Crippen molar-refractivity contribution in [1.29, 1.82) is 0 Å². The SMILES string of the molecule is CCN(Cc1ccc(OC)c(F)c1)[C@H](C)c1nnc(-c2ccc(C)cc2)o1. The summed E-state index contributed by atoms with van der Waals surface area (Å²) in [7, 11) is 1.46. The Balaban J connectivity index is 1.76. The summed E-state index contributed by atoms with van der Waals surface area (Å²) in [6, 6.07) is 12.9. The number of rotatable bonds is 7. The molecule has 1 atom stereocenters. The number of aryl methyl sites for hydroxylation is 1. The van der Waals surface area contributed by atoms with Crippen LogP contribution in [0.3, 0.4) is 0 Å². The molecule has 0 aliphatic carbocycles. The summed E-state index contributed by atoms with van der Waals surface area (Å²) in [5.41, 5.74) is 2.93. The molecule has 0 aliphatic rings. The Morgan fingerprint density at radius 2 is 1.89 bits per heavy atom. The topological polar surface area (TPSA) is 51.4 Å². The first-order valence-electron chi connectivity index (χ1n) is 8.98. The van der Waals surface area contributed by atoms with Crippen LogP contribution in [0.15, 0.2) is 46.9 Å². The van der Waals surface area contributed by atoms with Gasteiger partial charge in [-0.05, 0) is 50.2 Å². The number of halogens is 1. The Labute approximate surface area is 158 Å². The van der Waals surface area contributed by atoms with Gasteiger partial charge in [0.25, 0.3) is 0 Å². The second-order valence-corrected chi connectivity index (χ2v) is 6.52. The Kier molecular flexibility index (Phi) is 5.86. The van der Waals surface area contributed by atoms with Gasteiger partial charge in [0.1, 0.15) is 0 Å². The smallest absolute Gasteiger partial charge is 0.247 e. The Morgan fingerprint density at radius 3 is 2.52 bits per heavy atom. The van der Waals surface area contributed by atoms with E-state index in [4.69, 9.17) is 9.15 Å². The molecule has 6 heteroatoms. The number of hydrogen-bond acceptors (Lipinski definition) is 5. The third-order valence-corrected chi connectivity index (χ3v) is 4.65. The number of aromatic nitrogens is 2. The molecule has 0 saturated carbocycles. The maximum atomic E-state index is 14.0. The van der Waals surface area contributed by atoms with E-state index in [2.05, 4.69) is 15.1 Å². The van der Waals surface area contributed by atoms with Crippen LogP contribution in [0, 0.1) is 12.7 Å². The molecule has 1 aromatic heterocycles. The highest BCUT2D eigenvalue weighted by molar-refractivity contribution is 5.52. The highest BCUT2D eigenvalue weighted by Gasteiger charge is 2.21. The molecule has 0 fully saturated rings.